The number of ether oxygens (including phenoxy) is 2. The zero-order valence-corrected chi connectivity index (χ0v) is 16.9. The predicted octanol–water partition coefficient (Wildman–Crippen LogP) is 1.98. The SMILES string of the molecule is CC[C@@H](C)[C@H](NC(=O)COC(=O)c1ccc2c(c1)NC(=O)CCS2)C(=O)OC. The fourth-order valence-corrected chi connectivity index (χ4v) is 3.51. The summed E-state index contributed by atoms with van der Waals surface area (Å²) in [5.41, 5.74) is 0.773. The van der Waals surface area contributed by atoms with E-state index in [0.717, 1.165) is 4.90 Å². The molecule has 0 bridgehead atoms. The minimum absolute atomic E-state index is 0.116. The third kappa shape index (κ3) is 5.72. The van der Waals surface area contributed by atoms with E-state index in [1.165, 1.54) is 24.9 Å². The van der Waals surface area contributed by atoms with Crippen LogP contribution in [0.15, 0.2) is 23.1 Å². The Morgan fingerprint density at radius 2 is 2.07 bits per heavy atom. The number of hydrogen-bond acceptors (Lipinski definition) is 7. The maximum absolute atomic E-state index is 12.3. The molecule has 0 radical (unpaired) electrons. The van der Waals surface area contributed by atoms with Gasteiger partial charge in [-0.1, -0.05) is 20.3 Å². The first-order valence-electron chi connectivity index (χ1n) is 8.96. The van der Waals surface area contributed by atoms with E-state index in [-0.39, 0.29) is 17.4 Å². The Kier molecular flexibility index (Phi) is 7.86. The summed E-state index contributed by atoms with van der Waals surface area (Å²) in [7, 11) is 1.25. The van der Waals surface area contributed by atoms with Crippen molar-refractivity contribution in [2.75, 3.05) is 24.8 Å². The molecule has 0 unspecified atom stereocenters. The highest BCUT2D eigenvalue weighted by molar-refractivity contribution is 7.99. The maximum Gasteiger partial charge on any atom is 0.338 e. The molecule has 0 saturated heterocycles. The Hall–Kier alpha value is -2.55. The largest absolute Gasteiger partial charge is 0.467 e. The molecule has 2 N–H and O–H groups in total. The summed E-state index contributed by atoms with van der Waals surface area (Å²) in [4.78, 5) is 48.7. The van der Waals surface area contributed by atoms with Crippen molar-refractivity contribution in [3.8, 4) is 0 Å². The van der Waals surface area contributed by atoms with Gasteiger partial charge in [-0.25, -0.2) is 9.59 Å². The first-order chi connectivity index (χ1) is 13.3. The van der Waals surface area contributed by atoms with Gasteiger partial charge in [0.05, 0.1) is 18.4 Å². The summed E-state index contributed by atoms with van der Waals surface area (Å²) in [5.74, 6) is -1.41. The lowest BCUT2D eigenvalue weighted by Gasteiger charge is -2.21. The summed E-state index contributed by atoms with van der Waals surface area (Å²) in [6.45, 7) is 3.18. The van der Waals surface area contributed by atoms with Gasteiger partial charge in [0.25, 0.3) is 5.91 Å². The molecule has 9 heteroatoms. The van der Waals surface area contributed by atoms with Crippen molar-refractivity contribution < 1.29 is 28.7 Å². The first-order valence-corrected chi connectivity index (χ1v) is 9.95. The Labute approximate surface area is 167 Å². The Morgan fingerprint density at radius 3 is 2.75 bits per heavy atom. The van der Waals surface area contributed by atoms with Gasteiger partial charge in [-0.2, -0.15) is 0 Å². The molecule has 152 valence electrons. The lowest BCUT2D eigenvalue weighted by atomic mass is 9.99. The first kappa shape index (κ1) is 21.7. The highest BCUT2D eigenvalue weighted by atomic mass is 32.2. The van der Waals surface area contributed by atoms with Crippen LogP contribution in [0.25, 0.3) is 0 Å². The van der Waals surface area contributed by atoms with E-state index in [1.54, 1.807) is 12.1 Å². The van der Waals surface area contributed by atoms with Crippen LogP contribution in [0.4, 0.5) is 5.69 Å². The maximum atomic E-state index is 12.3. The number of amides is 2. The van der Waals surface area contributed by atoms with Gasteiger partial charge in [-0.3, -0.25) is 9.59 Å². The second-order valence-corrected chi connectivity index (χ2v) is 7.52. The van der Waals surface area contributed by atoms with Crippen LogP contribution in [-0.4, -0.2) is 49.3 Å². The highest BCUT2D eigenvalue weighted by Gasteiger charge is 2.27. The van der Waals surface area contributed by atoms with Crippen molar-refractivity contribution in [3.05, 3.63) is 23.8 Å². The van der Waals surface area contributed by atoms with Gasteiger partial charge >= 0.3 is 11.9 Å². The zero-order valence-electron chi connectivity index (χ0n) is 16.1. The Balaban J connectivity index is 1.97. The van der Waals surface area contributed by atoms with Gasteiger partial charge in [0.1, 0.15) is 6.04 Å². The summed E-state index contributed by atoms with van der Waals surface area (Å²) in [6, 6.07) is 4.04. The zero-order chi connectivity index (χ0) is 20.7. The number of rotatable bonds is 7. The third-order valence-corrected chi connectivity index (χ3v) is 5.47. The molecule has 1 aliphatic rings. The molecule has 0 saturated carbocycles. The molecule has 2 atom stereocenters. The third-order valence-electron chi connectivity index (χ3n) is 4.39. The van der Waals surface area contributed by atoms with Gasteiger partial charge in [-0.05, 0) is 24.1 Å². The second kappa shape index (κ2) is 10.1. The number of benzene rings is 1. The minimum atomic E-state index is -0.805. The standard InChI is InChI=1S/C19H24N2O6S/c1-4-11(2)17(19(25)26-3)21-16(23)10-27-18(24)12-5-6-14-13(9-12)20-15(22)7-8-28-14/h5-6,9,11,17H,4,7-8,10H2,1-3H3,(H,20,22)(H,21,23)/t11-,17+/m1/s1. The molecule has 1 heterocycles. The average Bonchev–Trinajstić information content (AvgIpc) is 2.88. The van der Waals surface area contributed by atoms with Crippen LogP contribution in [0.5, 0.6) is 0 Å². The van der Waals surface area contributed by atoms with Gasteiger partial charge in [0.15, 0.2) is 6.61 Å². The second-order valence-electron chi connectivity index (χ2n) is 6.39. The topological polar surface area (TPSA) is 111 Å². The molecule has 2 rings (SSSR count). The molecule has 0 aliphatic carbocycles. The number of nitrogens with one attached hydrogen (secondary N) is 2. The van der Waals surface area contributed by atoms with Crippen LogP contribution in [-0.2, 0) is 23.9 Å². The van der Waals surface area contributed by atoms with Crippen LogP contribution in [0, 0.1) is 5.92 Å². The smallest absolute Gasteiger partial charge is 0.338 e. The van der Waals surface area contributed by atoms with Crippen LogP contribution < -0.4 is 10.6 Å². The van der Waals surface area contributed by atoms with Crippen molar-refractivity contribution in [1.29, 1.82) is 0 Å². The summed E-state index contributed by atoms with van der Waals surface area (Å²) < 4.78 is 9.75. The van der Waals surface area contributed by atoms with E-state index in [0.29, 0.717) is 24.3 Å². The fourth-order valence-electron chi connectivity index (χ4n) is 2.57. The Morgan fingerprint density at radius 1 is 1.32 bits per heavy atom. The Bertz CT molecular complexity index is 767. The summed E-state index contributed by atoms with van der Waals surface area (Å²) in [5, 5.41) is 5.29. The summed E-state index contributed by atoms with van der Waals surface area (Å²) in [6.07, 6.45) is 1.07. The molecule has 0 aromatic heterocycles. The number of methoxy groups -OCH3 is 1. The molecule has 0 spiro atoms. The lowest BCUT2D eigenvalue weighted by Crippen LogP contribution is -2.47. The molecule has 28 heavy (non-hydrogen) atoms. The van der Waals surface area contributed by atoms with Crippen LogP contribution in [0.2, 0.25) is 0 Å². The molecule has 8 nitrogen and oxygen atoms in total. The number of carbonyl (C=O) groups is 4. The van der Waals surface area contributed by atoms with Crippen molar-refractivity contribution in [3.63, 3.8) is 0 Å². The molecule has 2 amide bonds. The molecule has 0 fully saturated rings. The number of esters is 2. The number of carbonyl (C=O) groups excluding carboxylic acids is 4. The van der Waals surface area contributed by atoms with Crippen LogP contribution >= 0.6 is 11.8 Å². The van der Waals surface area contributed by atoms with E-state index < -0.39 is 30.5 Å². The van der Waals surface area contributed by atoms with Crippen molar-refractivity contribution in [2.45, 2.75) is 37.6 Å². The van der Waals surface area contributed by atoms with Crippen molar-refractivity contribution >= 4 is 41.2 Å². The van der Waals surface area contributed by atoms with Gasteiger partial charge in [-0.15, -0.1) is 11.8 Å². The molecule has 1 aliphatic heterocycles. The molecule has 1 aromatic carbocycles. The molecular formula is C19H24N2O6S. The number of hydrogen-bond donors (Lipinski definition) is 2. The van der Waals surface area contributed by atoms with Crippen LogP contribution in [0.3, 0.4) is 0 Å². The molecule has 1 aromatic rings. The average molecular weight is 408 g/mol. The van der Waals surface area contributed by atoms with Gasteiger partial charge < -0.3 is 20.1 Å². The lowest BCUT2D eigenvalue weighted by molar-refractivity contribution is -0.147. The van der Waals surface area contributed by atoms with Crippen molar-refractivity contribution in [2.24, 2.45) is 5.92 Å². The normalized spacial score (nSPS) is 15.3. The number of thioether (sulfide) groups is 1. The van der Waals surface area contributed by atoms with E-state index in [4.69, 9.17) is 9.47 Å². The quantitative estimate of drug-likeness (QED) is 0.664. The molecular weight excluding hydrogens is 384 g/mol. The van der Waals surface area contributed by atoms with E-state index in [1.807, 2.05) is 13.8 Å². The summed E-state index contributed by atoms with van der Waals surface area (Å²) >= 11 is 1.53. The predicted molar refractivity (Wildman–Crippen MR) is 104 cm³/mol. The van der Waals surface area contributed by atoms with Crippen LogP contribution in [0.1, 0.15) is 37.0 Å². The van der Waals surface area contributed by atoms with E-state index in [9.17, 15) is 19.2 Å². The fraction of sp³-hybridized carbons (Fsp3) is 0.474. The van der Waals surface area contributed by atoms with Gasteiger partial charge in [0, 0.05) is 17.1 Å². The van der Waals surface area contributed by atoms with E-state index >= 15 is 0 Å². The minimum Gasteiger partial charge on any atom is -0.467 e. The highest BCUT2D eigenvalue weighted by Crippen LogP contribution is 2.31. The van der Waals surface area contributed by atoms with Crippen molar-refractivity contribution in [1.82, 2.24) is 5.32 Å². The monoisotopic (exact) mass is 408 g/mol. The number of anilines is 1. The number of fused-ring (bicyclic) bond motifs is 1. The van der Waals surface area contributed by atoms with Gasteiger partial charge in [0.2, 0.25) is 5.91 Å². The van der Waals surface area contributed by atoms with E-state index in [2.05, 4.69) is 10.6 Å².